The lowest BCUT2D eigenvalue weighted by molar-refractivity contribution is 0.0782. The van der Waals surface area contributed by atoms with E-state index in [1.807, 2.05) is 6.07 Å². The monoisotopic (exact) mass is 340 g/mol. The van der Waals surface area contributed by atoms with Crippen molar-refractivity contribution in [2.75, 3.05) is 31.1 Å². The van der Waals surface area contributed by atoms with Gasteiger partial charge < -0.3 is 15.0 Å². The van der Waals surface area contributed by atoms with Gasteiger partial charge >= 0.3 is 0 Å². The van der Waals surface area contributed by atoms with Crippen molar-refractivity contribution >= 4 is 11.9 Å². The fourth-order valence-electron chi connectivity index (χ4n) is 3.60. The lowest BCUT2D eigenvalue weighted by atomic mass is 9.84. The topological polar surface area (TPSA) is 93.1 Å². The number of rotatable bonds is 4. The summed E-state index contributed by atoms with van der Waals surface area (Å²) in [7, 11) is 0. The lowest BCUT2D eigenvalue weighted by Gasteiger charge is -2.36. The molecule has 2 saturated heterocycles. The van der Waals surface area contributed by atoms with Gasteiger partial charge in [0.1, 0.15) is 0 Å². The third-order valence-electron chi connectivity index (χ3n) is 4.95. The summed E-state index contributed by atoms with van der Waals surface area (Å²) in [6, 6.07) is 3.47. The number of piperidine rings is 1. The SMILES string of the molecule is O=C(NC[C@H]1OC[C@@H]2CCN(c3ncccn3)C[C@@H]21)c1ccnnc1. The molecule has 130 valence electrons. The zero-order chi connectivity index (χ0) is 17.1. The Morgan fingerprint density at radius 2 is 2.16 bits per heavy atom. The molecule has 0 aromatic carbocycles. The number of hydrogen-bond donors (Lipinski definition) is 1. The first kappa shape index (κ1) is 15.9. The molecule has 0 spiro atoms. The van der Waals surface area contributed by atoms with E-state index < -0.39 is 0 Å². The van der Waals surface area contributed by atoms with Gasteiger partial charge in [0, 0.05) is 37.9 Å². The predicted molar refractivity (Wildman–Crippen MR) is 89.9 cm³/mol. The Morgan fingerprint density at radius 3 is 2.96 bits per heavy atom. The molecule has 3 atom stereocenters. The molecule has 2 fully saturated rings. The number of carbonyl (C=O) groups excluding carboxylic acids is 1. The minimum atomic E-state index is -0.152. The molecule has 0 saturated carbocycles. The van der Waals surface area contributed by atoms with Crippen molar-refractivity contribution in [1.82, 2.24) is 25.5 Å². The molecule has 8 nitrogen and oxygen atoms in total. The van der Waals surface area contributed by atoms with Crippen molar-refractivity contribution in [3.05, 3.63) is 42.5 Å². The molecule has 4 rings (SSSR count). The second-order valence-corrected chi connectivity index (χ2v) is 6.42. The van der Waals surface area contributed by atoms with Crippen LogP contribution in [0, 0.1) is 11.8 Å². The Labute approximate surface area is 145 Å². The van der Waals surface area contributed by atoms with E-state index in [1.165, 1.54) is 12.4 Å². The highest BCUT2D eigenvalue weighted by atomic mass is 16.5. The molecule has 0 bridgehead atoms. The third kappa shape index (κ3) is 3.43. The van der Waals surface area contributed by atoms with Crippen LogP contribution in [-0.4, -0.2) is 58.4 Å². The van der Waals surface area contributed by atoms with Crippen LogP contribution in [0.2, 0.25) is 0 Å². The van der Waals surface area contributed by atoms with Gasteiger partial charge in [-0.05, 0) is 24.5 Å². The molecule has 0 aliphatic carbocycles. The van der Waals surface area contributed by atoms with E-state index in [0.717, 1.165) is 32.1 Å². The first-order chi connectivity index (χ1) is 12.3. The van der Waals surface area contributed by atoms with E-state index in [4.69, 9.17) is 4.74 Å². The largest absolute Gasteiger partial charge is 0.376 e. The lowest BCUT2D eigenvalue weighted by Crippen LogP contribution is -2.46. The fourth-order valence-corrected chi connectivity index (χ4v) is 3.60. The predicted octanol–water partition coefficient (Wildman–Crippen LogP) is 0.538. The zero-order valence-corrected chi connectivity index (χ0v) is 13.8. The summed E-state index contributed by atoms with van der Waals surface area (Å²) in [6.07, 6.45) is 7.57. The van der Waals surface area contributed by atoms with E-state index in [1.54, 1.807) is 18.5 Å². The van der Waals surface area contributed by atoms with Gasteiger partial charge in [0.25, 0.3) is 5.91 Å². The van der Waals surface area contributed by atoms with Crippen molar-refractivity contribution in [3.8, 4) is 0 Å². The maximum atomic E-state index is 12.2. The first-order valence-electron chi connectivity index (χ1n) is 8.50. The minimum absolute atomic E-state index is 0.00950. The quantitative estimate of drug-likeness (QED) is 0.868. The molecule has 0 radical (unpaired) electrons. The average molecular weight is 340 g/mol. The Bertz CT molecular complexity index is 714. The van der Waals surface area contributed by atoms with Gasteiger partial charge in [-0.25, -0.2) is 9.97 Å². The Kier molecular flexibility index (Phi) is 4.51. The third-order valence-corrected chi connectivity index (χ3v) is 4.95. The summed E-state index contributed by atoms with van der Waals surface area (Å²) in [5.74, 6) is 1.51. The van der Waals surface area contributed by atoms with Crippen LogP contribution in [0.15, 0.2) is 36.9 Å². The van der Waals surface area contributed by atoms with Crippen LogP contribution >= 0.6 is 0 Å². The zero-order valence-electron chi connectivity index (χ0n) is 13.8. The molecular formula is C17H20N6O2. The molecule has 2 aromatic heterocycles. The Balaban J connectivity index is 1.37. The molecule has 2 aromatic rings. The first-order valence-corrected chi connectivity index (χ1v) is 8.50. The normalized spacial score (nSPS) is 25.4. The Morgan fingerprint density at radius 1 is 1.28 bits per heavy atom. The van der Waals surface area contributed by atoms with Crippen LogP contribution in [0.3, 0.4) is 0 Å². The number of nitrogens with zero attached hydrogens (tertiary/aromatic N) is 5. The van der Waals surface area contributed by atoms with Crippen LogP contribution in [0.25, 0.3) is 0 Å². The molecule has 2 aliphatic heterocycles. The van der Waals surface area contributed by atoms with Gasteiger partial charge in [0.2, 0.25) is 5.95 Å². The van der Waals surface area contributed by atoms with Gasteiger partial charge in [0.15, 0.2) is 0 Å². The summed E-state index contributed by atoms with van der Waals surface area (Å²) in [5, 5.41) is 10.4. The van der Waals surface area contributed by atoms with E-state index in [0.29, 0.717) is 23.9 Å². The number of carbonyl (C=O) groups is 1. The Hall–Kier alpha value is -2.61. The highest BCUT2D eigenvalue weighted by Gasteiger charge is 2.41. The van der Waals surface area contributed by atoms with Gasteiger partial charge in [-0.3, -0.25) is 4.79 Å². The number of anilines is 1. The van der Waals surface area contributed by atoms with Crippen LogP contribution in [0.4, 0.5) is 5.95 Å². The van der Waals surface area contributed by atoms with Crippen molar-refractivity contribution < 1.29 is 9.53 Å². The van der Waals surface area contributed by atoms with E-state index >= 15 is 0 Å². The second kappa shape index (κ2) is 7.10. The number of aromatic nitrogens is 4. The summed E-state index contributed by atoms with van der Waals surface area (Å²) >= 11 is 0. The van der Waals surface area contributed by atoms with Crippen LogP contribution < -0.4 is 10.2 Å². The molecule has 1 amide bonds. The summed E-state index contributed by atoms with van der Waals surface area (Å²) in [4.78, 5) is 23.1. The van der Waals surface area contributed by atoms with Gasteiger partial charge in [-0.1, -0.05) is 0 Å². The number of hydrogen-bond acceptors (Lipinski definition) is 7. The van der Waals surface area contributed by atoms with E-state index in [9.17, 15) is 4.79 Å². The summed E-state index contributed by atoms with van der Waals surface area (Å²) < 4.78 is 5.96. The van der Waals surface area contributed by atoms with Crippen LogP contribution in [-0.2, 0) is 4.74 Å². The van der Waals surface area contributed by atoms with Crippen LogP contribution in [0.5, 0.6) is 0 Å². The van der Waals surface area contributed by atoms with Gasteiger partial charge in [-0.2, -0.15) is 10.2 Å². The summed E-state index contributed by atoms with van der Waals surface area (Å²) in [6.45, 7) is 3.04. The molecule has 25 heavy (non-hydrogen) atoms. The molecular weight excluding hydrogens is 320 g/mol. The number of nitrogens with one attached hydrogen (secondary N) is 1. The highest BCUT2D eigenvalue weighted by Crippen LogP contribution is 2.34. The van der Waals surface area contributed by atoms with Gasteiger partial charge in [0.05, 0.1) is 30.7 Å². The van der Waals surface area contributed by atoms with E-state index in [2.05, 4.69) is 30.4 Å². The second-order valence-electron chi connectivity index (χ2n) is 6.42. The minimum Gasteiger partial charge on any atom is -0.376 e. The molecule has 1 N–H and O–H groups in total. The highest BCUT2D eigenvalue weighted by molar-refractivity contribution is 5.93. The molecule has 8 heteroatoms. The number of amides is 1. The maximum Gasteiger partial charge on any atom is 0.253 e. The smallest absolute Gasteiger partial charge is 0.253 e. The molecule has 4 heterocycles. The molecule has 0 unspecified atom stereocenters. The van der Waals surface area contributed by atoms with Gasteiger partial charge in [-0.15, -0.1) is 0 Å². The number of ether oxygens (including phenoxy) is 1. The van der Waals surface area contributed by atoms with Crippen molar-refractivity contribution in [1.29, 1.82) is 0 Å². The van der Waals surface area contributed by atoms with Crippen molar-refractivity contribution in [2.45, 2.75) is 12.5 Å². The number of fused-ring (bicyclic) bond motifs is 1. The maximum absolute atomic E-state index is 12.2. The molecule has 2 aliphatic rings. The standard InChI is InChI=1S/C17H20N6O2/c24-16(12-2-6-21-22-8-12)20-9-15-14-10-23(7-3-13(14)11-25-15)17-18-4-1-5-19-17/h1-2,4-6,8,13-15H,3,7,9-11H2,(H,20,24)/t13-,14-,15+/m0/s1. The van der Waals surface area contributed by atoms with Crippen LogP contribution in [0.1, 0.15) is 16.8 Å². The van der Waals surface area contributed by atoms with Crippen molar-refractivity contribution in [3.63, 3.8) is 0 Å². The van der Waals surface area contributed by atoms with Crippen molar-refractivity contribution in [2.24, 2.45) is 11.8 Å². The average Bonchev–Trinajstić information content (AvgIpc) is 3.10. The fraction of sp³-hybridized carbons (Fsp3) is 0.471. The van der Waals surface area contributed by atoms with E-state index in [-0.39, 0.29) is 12.0 Å². The summed E-state index contributed by atoms with van der Waals surface area (Å²) in [5.41, 5.74) is 0.507.